The van der Waals surface area contributed by atoms with Crippen LogP contribution in [-0.2, 0) is 4.79 Å². The lowest BCUT2D eigenvalue weighted by molar-refractivity contribution is -0.117. The second kappa shape index (κ2) is 7.38. The molecular weight excluding hydrogens is 288 g/mol. The number of aromatic nitrogens is 1. The Morgan fingerprint density at radius 1 is 1.30 bits per heavy atom. The minimum atomic E-state index is -0.235. The van der Waals surface area contributed by atoms with Gasteiger partial charge in [0.05, 0.1) is 18.2 Å². The zero-order valence-electron chi connectivity index (χ0n) is 13.9. The largest absolute Gasteiger partial charge is 0.394 e. The van der Waals surface area contributed by atoms with Crippen LogP contribution in [0.2, 0.25) is 0 Å². The smallest absolute Gasteiger partial charge is 0.244 e. The lowest BCUT2D eigenvalue weighted by Gasteiger charge is -2.24. The van der Waals surface area contributed by atoms with E-state index in [1.54, 1.807) is 12.3 Å². The maximum Gasteiger partial charge on any atom is 0.244 e. The van der Waals surface area contributed by atoms with E-state index in [0.29, 0.717) is 0 Å². The number of benzene rings is 1. The molecular formula is C19H24N2O2. The molecule has 122 valence electrons. The van der Waals surface area contributed by atoms with Gasteiger partial charge in [-0.25, -0.2) is 0 Å². The van der Waals surface area contributed by atoms with Gasteiger partial charge in [-0.1, -0.05) is 39.0 Å². The predicted octanol–water partition coefficient (Wildman–Crippen LogP) is 3.16. The molecule has 2 rings (SSSR count). The van der Waals surface area contributed by atoms with Crippen LogP contribution < -0.4 is 5.32 Å². The molecule has 0 aliphatic rings. The highest BCUT2D eigenvalue weighted by Crippen LogP contribution is 2.21. The Kier molecular flexibility index (Phi) is 5.50. The van der Waals surface area contributed by atoms with Crippen LogP contribution in [0.4, 0.5) is 0 Å². The number of carbonyl (C=O) groups excluding carboxylic acids is 1. The van der Waals surface area contributed by atoms with Crippen LogP contribution in [0.5, 0.6) is 0 Å². The van der Waals surface area contributed by atoms with Crippen molar-refractivity contribution in [3.05, 3.63) is 48.2 Å². The number of hydrogen-bond donors (Lipinski definition) is 2. The maximum atomic E-state index is 12.1. The maximum absolute atomic E-state index is 12.1. The monoisotopic (exact) mass is 312 g/mol. The average Bonchev–Trinajstić information content (AvgIpc) is 2.51. The molecule has 0 spiro atoms. The Bertz CT molecular complexity index is 697. The van der Waals surface area contributed by atoms with Gasteiger partial charge in [0.15, 0.2) is 0 Å². The summed E-state index contributed by atoms with van der Waals surface area (Å²) in [5, 5.41) is 13.3. The van der Waals surface area contributed by atoms with E-state index in [4.69, 9.17) is 0 Å². The summed E-state index contributed by atoms with van der Waals surface area (Å²) in [6, 6.07) is 9.46. The first-order valence-corrected chi connectivity index (χ1v) is 7.82. The molecule has 1 amide bonds. The number of rotatable bonds is 5. The zero-order valence-corrected chi connectivity index (χ0v) is 13.9. The number of aliphatic hydroxyl groups excluding tert-OH is 1. The number of aliphatic hydroxyl groups is 1. The number of para-hydroxylation sites is 1. The van der Waals surface area contributed by atoms with Gasteiger partial charge in [0.2, 0.25) is 5.91 Å². The van der Waals surface area contributed by atoms with Crippen molar-refractivity contribution in [3.8, 4) is 0 Å². The third-order valence-corrected chi connectivity index (χ3v) is 3.52. The minimum Gasteiger partial charge on any atom is -0.394 e. The summed E-state index contributed by atoms with van der Waals surface area (Å²) in [7, 11) is 0. The lowest BCUT2D eigenvalue weighted by Crippen LogP contribution is -2.39. The molecule has 2 N–H and O–H groups in total. The summed E-state index contributed by atoms with van der Waals surface area (Å²) in [4.78, 5) is 16.4. The first kappa shape index (κ1) is 17.2. The fourth-order valence-corrected chi connectivity index (χ4v) is 2.58. The average molecular weight is 312 g/mol. The van der Waals surface area contributed by atoms with Crippen molar-refractivity contribution >= 4 is 22.9 Å². The zero-order chi connectivity index (χ0) is 16.9. The second-order valence-corrected chi connectivity index (χ2v) is 6.90. The number of hydrogen-bond acceptors (Lipinski definition) is 3. The van der Waals surface area contributed by atoms with Crippen molar-refractivity contribution in [2.45, 2.75) is 33.2 Å². The van der Waals surface area contributed by atoms with Gasteiger partial charge in [-0.2, -0.15) is 0 Å². The lowest BCUT2D eigenvalue weighted by atomic mass is 9.88. The van der Waals surface area contributed by atoms with Crippen molar-refractivity contribution in [3.63, 3.8) is 0 Å². The fraction of sp³-hybridized carbons (Fsp3) is 0.368. The highest BCUT2D eigenvalue weighted by molar-refractivity contribution is 5.95. The third-order valence-electron chi connectivity index (χ3n) is 3.52. The molecule has 0 fully saturated rings. The summed E-state index contributed by atoms with van der Waals surface area (Å²) >= 11 is 0. The summed E-state index contributed by atoms with van der Waals surface area (Å²) in [5.41, 5.74) is 1.89. The summed E-state index contributed by atoms with van der Waals surface area (Å²) in [6.07, 6.45) is 5.75. The fourth-order valence-electron chi connectivity index (χ4n) is 2.58. The molecule has 0 aliphatic carbocycles. The van der Waals surface area contributed by atoms with E-state index in [2.05, 4.69) is 31.1 Å². The Hall–Kier alpha value is -2.20. The van der Waals surface area contributed by atoms with E-state index in [0.717, 1.165) is 22.9 Å². The molecule has 4 nitrogen and oxygen atoms in total. The highest BCUT2D eigenvalue weighted by Gasteiger charge is 2.18. The normalized spacial score (nSPS) is 13.4. The quantitative estimate of drug-likeness (QED) is 0.834. The Labute approximate surface area is 137 Å². The van der Waals surface area contributed by atoms with Crippen LogP contribution in [0.25, 0.3) is 17.0 Å². The van der Waals surface area contributed by atoms with Gasteiger partial charge < -0.3 is 10.4 Å². The van der Waals surface area contributed by atoms with Crippen molar-refractivity contribution in [1.82, 2.24) is 10.3 Å². The van der Waals surface area contributed by atoms with Crippen LogP contribution in [-0.4, -0.2) is 28.6 Å². The molecule has 1 atom stereocenters. The van der Waals surface area contributed by atoms with Gasteiger partial charge in [-0.05, 0) is 35.6 Å². The van der Waals surface area contributed by atoms with Crippen molar-refractivity contribution in [2.24, 2.45) is 5.41 Å². The number of carbonyl (C=O) groups is 1. The number of nitrogens with one attached hydrogen (secondary N) is 1. The topological polar surface area (TPSA) is 62.2 Å². The molecule has 0 saturated carbocycles. The van der Waals surface area contributed by atoms with Crippen molar-refractivity contribution < 1.29 is 9.90 Å². The third kappa shape index (κ3) is 5.18. The van der Waals surface area contributed by atoms with E-state index in [1.165, 1.54) is 6.08 Å². The van der Waals surface area contributed by atoms with E-state index in [-0.39, 0.29) is 24.0 Å². The SMILES string of the molecule is CC(C)(C)CC(CO)NC(=O)/C=C/c1ccnc2ccccc12. The second-order valence-electron chi connectivity index (χ2n) is 6.90. The molecule has 0 saturated heterocycles. The van der Waals surface area contributed by atoms with Crippen molar-refractivity contribution in [1.29, 1.82) is 0 Å². The van der Waals surface area contributed by atoms with Crippen LogP contribution in [0.1, 0.15) is 32.8 Å². The van der Waals surface area contributed by atoms with Gasteiger partial charge in [-0.15, -0.1) is 0 Å². The van der Waals surface area contributed by atoms with E-state index < -0.39 is 0 Å². The highest BCUT2D eigenvalue weighted by atomic mass is 16.3. The Balaban J connectivity index is 2.08. The summed E-state index contributed by atoms with van der Waals surface area (Å²) in [6.45, 7) is 6.19. The van der Waals surface area contributed by atoms with Crippen LogP contribution in [0.15, 0.2) is 42.6 Å². The number of pyridine rings is 1. The van der Waals surface area contributed by atoms with E-state index in [9.17, 15) is 9.90 Å². The summed E-state index contributed by atoms with van der Waals surface area (Å²) < 4.78 is 0. The predicted molar refractivity (Wildman–Crippen MR) is 93.9 cm³/mol. The molecule has 0 aliphatic heterocycles. The molecule has 0 radical (unpaired) electrons. The first-order chi connectivity index (χ1) is 10.9. The first-order valence-electron chi connectivity index (χ1n) is 7.82. The van der Waals surface area contributed by atoms with Crippen LogP contribution >= 0.6 is 0 Å². The molecule has 23 heavy (non-hydrogen) atoms. The molecule has 4 heteroatoms. The molecule has 1 unspecified atom stereocenters. The van der Waals surface area contributed by atoms with Gasteiger partial charge in [0, 0.05) is 17.7 Å². The number of amides is 1. The van der Waals surface area contributed by atoms with E-state index >= 15 is 0 Å². The van der Waals surface area contributed by atoms with Gasteiger partial charge in [0.25, 0.3) is 0 Å². The Morgan fingerprint density at radius 3 is 2.74 bits per heavy atom. The van der Waals surface area contributed by atoms with E-state index in [1.807, 2.05) is 30.3 Å². The standard InChI is InChI=1S/C19H24N2O2/c1-19(2,3)12-15(13-22)21-18(23)9-8-14-10-11-20-17-7-5-4-6-16(14)17/h4-11,15,22H,12-13H2,1-3H3,(H,21,23)/b9-8+. The number of fused-ring (bicyclic) bond motifs is 1. The Morgan fingerprint density at radius 2 is 2.04 bits per heavy atom. The number of nitrogens with zero attached hydrogens (tertiary/aromatic N) is 1. The van der Waals surface area contributed by atoms with Crippen LogP contribution in [0, 0.1) is 5.41 Å². The molecule has 0 bridgehead atoms. The van der Waals surface area contributed by atoms with Gasteiger partial charge >= 0.3 is 0 Å². The molecule has 1 aromatic carbocycles. The molecule has 2 aromatic rings. The summed E-state index contributed by atoms with van der Waals surface area (Å²) in [5.74, 6) is -0.200. The molecule has 1 heterocycles. The minimum absolute atomic E-state index is 0.0473. The van der Waals surface area contributed by atoms with Crippen LogP contribution in [0.3, 0.4) is 0 Å². The van der Waals surface area contributed by atoms with Gasteiger partial charge in [0.1, 0.15) is 0 Å². The van der Waals surface area contributed by atoms with Gasteiger partial charge in [-0.3, -0.25) is 9.78 Å². The molecule has 1 aromatic heterocycles. The van der Waals surface area contributed by atoms with Crippen molar-refractivity contribution in [2.75, 3.05) is 6.61 Å².